The molecule has 1 aromatic rings. The van der Waals surface area contributed by atoms with Crippen molar-refractivity contribution in [1.29, 1.82) is 0 Å². The Morgan fingerprint density at radius 3 is 2.76 bits per heavy atom. The summed E-state index contributed by atoms with van der Waals surface area (Å²) in [6, 6.07) is 4.25. The molecule has 0 fully saturated rings. The standard InChI is InChI=1S/C12H17FN2O2/c1-3-14-12(17)7-15(2)11-5-9(8-16)4-10(13)6-11/h4-6,16H,3,7-8H2,1-2H3,(H,14,17). The van der Waals surface area contributed by atoms with Crippen molar-refractivity contribution in [2.75, 3.05) is 25.0 Å². The van der Waals surface area contributed by atoms with E-state index in [1.807, 2.05) is 6.92 Å². The van der Waals surface area contributed by atoms with Crippen LogP contribution < -0.4 is 10.2 Å². The predicted octanol–water partition coefficient (Wildman–Crippen LogP) is 0.890. The first-order chi connectivity index (χ1) is 8.06. The number of anilines is 1. The zero-order valence-corrected chi connectivity index (χ0v) is 10.0. The molecule has 1 amide bonds. The Labute approximate surface area is 100 Å². The fourth-order valence-electron chi connectivity index (χ4n) is 1.50. The third-order valence-corrected chi connectivity index (χ3v) is 2.32. The lowest BCUT2D eigenvalue weighted by atomic mass is 10.2. The van der Waals surface area contributed by atoms with Gasteiger partial charge in [0, 0.05) is 19.3 Å². The molecule has 0 saturated heterocycles. The molecule has 17 heavy (non-hydrogen) atoms. The summed E-state index contributed by atoms with van der Waals surface area (Å²) in [6.07, 6.45) is 0. The molecular formula is C12H17FN2O2. The summed E-state index contributed by atoms with van der Waals surface area (Å²) in [5.74, 6) is -0.542. The SMILES string of the molecule is CCNC(=O)CN(C)c1cc(F)cc(CO)c1. The van der Waals surface area contributed by atoms with E-state index >= 15 is 0 Å². The van der Waals surface area contributed by atoms with Crippen LogP contribution in [0.2, 0.25) is 0 Å². The quantitative estimate of drug-likeness (QED) is 0.803. The molecule has 94 valence electrons. The molecule has 2 N–H and O–H groups in total. The number of hydrogen-bond donors (Lipinski definition) is 2. The molecule has 0 spiro atoms. The molecule has 0 heterocycles. The number of benzene rings is 1. The van der Waals surface area contributed by atoms with Gasteiger partial charge in [0.05, 0.1) is 13.2 Å². The van der Waals surface area contributed by atoms with Crippen LogP contribution in [0.15, 0.2) is 18.2 Å². The van der Waals surface area contributed by atoms with Crippen molar-refractivity contribution >= 4 is 11.6 Å². The van der Waals surface area contributed by atoms with Crippen LogP contribution in [-0.2, 0) is 11.4 Å². The van der Waals surface area contributed by atoms with Crippen LogP contribution >= 0.6 is 0 Å². The van der Waals surface area contributed by atoms with E-state index in [1.165, 1.54) is 12.1 Å². The average Bonchev–Trinajstić information content (AvgIpc) is 2.28. The Kier molecular flexibility index (Phi) is 4.90. The number of amides is 1. The second kappa shape index (κ2) is 6.20. The number of aliphatic hydroxyl groups excluding tert-OH is 1. The molecule has 0 unspecified atom stereocenters. The number of likely N-dealkylation sites (N-methyl/N-ethyl adjacent to an activating group) is 2. The number of rotatable bonds is 5. The first-order valence-corrected chi connectivity index (χ1v) is 5.45. The zero-order valence-electron chi connectivity index (χ0n) is 10.0. The molecule has 0 aliphatic rings. The highest BCUT2D eigenvalue weighted by Gasteiger charge is 2.08. The number of nitrogens with one attached hydrogen (secondary N) is 1. The number of aliphatic hydroxyl groups is 1. The molecule has 1 aromatic carbocycles. The highest BCUT2D eigenvalue weighted by atomic mass is 19.1. The van der Waals surface area contributed by atoms with Gasteiger partial charge >= 0.3 is 0 Å². The van der Waals surface area contributed by atoms with Crippen molar-refractivity contribution in [2.24, 2.45) is 0 Å². The normalized spacial score (nSPS) is 10.1. The number of halogens is 1. The zero-order chi connectivity index (χ0) is 12.8. The van der Waals surface area contributed by atoms with E-state index in [2.05, 4.69) is 5.32 Å². The van der Waals surface area contributed by atoms with Gasteiger partial charge in [0.2, 0.25) is 5.91 Å². The number of carbonyl (C=O) groups excluding carboxylic acids is 1. The third-order valence-electron chi connectivity index (χ3n) is 2.32. The van der Waals surface area contributed by atoms with Crippen molar-refractivity contribution in [3.63, 3.8) is 0 Å². The van der Waals surface area contributed by atoms with Crippen molar-refractivity contribution in [2.45, 2.75) is 13.5 Å². The molecular weight excluding hydrogens is 223 g/mol. The molecule has 0 aromatic heterocycles. The lowest BCUT2D eigenvalue weighted by molar-refractivity contribution is -0.119. The van der Waals surface area contributed by atoms with Crippen LogP contribution in [0.1, 0.15) is 12.5 Å². The van der Waals surface area contributed by atoms with Crippen LogP contribution in [-0.4, -0.2) is 31.2 Å². The molecule has 0 saturated carbocycles. The lowest BCUT2D eigenvalue weighted by Crippen LogP contribution is -2.35. The maximum absolute atomic E-state index is 13.2. The smallest absolute Gasteiger partial charge is 0.239 e. The van der Waals surface area contributed by atoms with E-state index in [0.29, 0.717) is 17.8 Å². The van der Waals surface area contributed by atoms with Gasteiger partial charge in [-0.25, -0.2) is 4.39 Å². The number of carbonyl (C=O) groups is 1. The van der Waals surface area contributed by atoms with Gasteiger partial charge in [-0.3, -0.25) is 4.79 Å². The van der Waals surface area contributed by atoms with Gasteiger partial charge in [-0.1, -0.05) is 0 Å². The van der Waals surface area contributed by atoms with Crippen molar-refractivity contribution in [1.82, 2.24) is 5.32 Å². The molecule has 0 bridgehead atoms. The summed E-state index contributed by atoms with van der Waals surface area (Å²) in [6.45, 7) is 2.34. The summed E-state index contributed by atoms with van der Waals surface area (Å²) in [7, 11) is 1.70. The first kappa shape index (κ1) is 13.4. The van der Waals surface area contributed by atoms with Gasteiger partial charge in [-0.2, -0.15) is 0 Å². The monoisotopic (exact) mass is 240 g/mol. The first-order valence-electron chi connectivity index (χ1n) is 5.45. The Balaban J connectivity index is 2.77. The Bertz CT molecular complexity index is 396. The van der Waals surface area contributed by atoms with Crippen LogP contribution in [0.4, 0.5) is 10.1 Å². The summed E-state index contributed by atoms with van der Waals surface area (Å²) in [5, 5.41) is 11.6. The van der Waals surface area contributed by atoms with Crippen LogP contribution in [0.25, 0.3) is 0 Å². The van der Waals surface area contributed by atoms with Gasteiger partial charge in [-0.15, -0.1) is 0 Å². The molecule has 1 rings (SSSR count). The summed E-state index contributed by atoms with van der Waals surface area (Å²) in [5.41, 5.74) is 1.06. The maximum atomic E-state index is 13.2. The van der Waals surface area contributed by atoms with E-state index in [1.54, 1.807) is 18.0 Å². The van der Waals surface area contributed by atoms with E-state index in [9.17, 15) is 9.18 Å². The number of nitrogens with zero attached hydrogens (tertiary/aromatic N) is 1. The molecule has 4 nitrogen and oxygen atoms in total. The largest absolute Gasteiger partial charge is 0.392 e. The van der Waals surface area contributed by atoms with Crippen molar-refractivity contribution in [3.8, 4) is 0 Å². The minimum Gasteiger partial charge on any atom is -0.392 e. The van der Waals surface area contributed by atoms with Gasteiger partial charge in [0.1, 0.15) is 5.82 Å². The predicted molar refractivity (Wildman–Crippen MR) is 64.3 cm³/mol. The van der Waals surface area contributed by atoms with Crippen molar-refractivity contribution in [3.05, 3.63) is 29.6 Å². The fraction of sp³-hybridized carbons (Fsp3) is 0.417. The Morgan fingerprint density at radius 1 is 1.47 bits per heavy atom. The van der Waals surface area contributed by atoms with Crippen LogP contribution in [0, 0.1) is 5.82 Å². The topological polar surface area (TPSA) is 52.6 Å². The fourth-order valence-corrected chi connectivity index (χ4v) is 1.50. The summed E-state index contributed by atoms with van der Waals surface area (Å²) in [4.78, 5) is 13.0. The van der Waals surface area contributed by atoms with Crippen molar-refractivity contribution < 1.29 is 14.3 Å². The Morgan fingerprint density at radius 2 is 2.18 bits per heavy atom. The highest BCUT2D eigenvalue weighted by molar-refractivity contribution is 5.81. The second-order valence-electron chi connectivity index (χ2n) is 3.79. The number of hydrogen-bond acceptors (Lipinski definition) is 3. The third kappa shape index (κ3) is 4.03. The second-order valence-corrected chi connectivity index (χ2v) is 3.79. The maximum Gasteiger partial charge on any atom is 0.239 e. The minimum atomic E-state index is -0.422. The van der Waals surface area contributed by atoms with Crippen LogP contribution in [0.3, 0.4) is 0 Å². The molecule has 5 heteroatoms. The van der Waals surface area contributed by atoms with E-state index in [0.717, 1.165) is 0 Å². The van der Waals surface area contributed by atoms with Gasteiger partial charge in [0.25, 0.3) is 0 Å². The van der Waals surface area contributed by atoms with E-state index < -0.39 is 5.82 Å². The Hall–Kier alpha value is -1.62. The van der Waals surface area contributed by atoms with Gasteiger partial charge in [-0.05, 0) is 30.7 Å². The average molecular weight is 240 g/mol. The summed E-state index contributed by atoms with van der Waals surface area (Å²) < 4.78 is 13.2. The van der Waals surface area contributed by atoms with E-state index in [4.69, 9.17) is 5.11 Å². The van der Waals surface area contributed by atoms with Gasteiger partial charge in [0.15, 0.2) is 0 Å². The van der Waals surface area contributed by atoms with Crippen LogP contribution in [0.5, 0.6) is 0 Å². The highest BCUT2D eigenvalue weighted by Crippen LogP contribution is 2.17. The molecule has 0 atom stereocenters. The molecule has 0 radical (unpaired) electrons. The van der Waals surface area contributed by atoms with E-state index in [-0.39, 0.29) is 19.1 Å². The molecule has 0 aliphatic heterocycles. The van der Waals surface area contributed by atoms with Gasteiger partial charge < -0.3 is 15.3 Å². The lowest BCUT2D eigenvalue weighted by Gasteiger charge is -2.19. The summed E-state index contributed by atoms with van der Waals surface area (Å²) >= 11 is 0. The molecule has 0 aliphatic carbocycles. The minimum absolute atomic E-state index is 0.121.